The van der Waals surface area contributed by atoms with Crippen molar-refractivity contribution in [1.29, 1.82) is 0 Å². The summed E-state index contributed by atoms with van der Waals surface area (Å²) in [5, 5.41) is 0. The largest absolute Gasteiger partial charge is 0.296 e. The lowest BCUT2D eigenvalue weighted by Crippen LogP contribution is -2.40. The third-order valence-corrected chi connectivity index (χ3v) is 2.57. The molecule has 1 aliphatic rings. The van der Waals surface area contributed by atoms with Crippen LogP contribution in [0.5, 0.6) is 0 Å². The van der Waals surface area contributed by atoms with Gasteiger partial charge in [-0.2, -0.15) is 0 Å². The van der Waals surface area contributed by atoms with E-state index in [1.165, 1.54) is 6.08 Å². The molecule has 1 aliphatic carbocycles. The first-order chi connectivity index (χ1) is 5.60. The maximum Gasteiger partial charge on any atom is 0.173 e. The van der Waals surface area contributed by atoms with E-state index in [2.05, 4.69) is 6.58 Å². The van der Waals surface area contributed by atoms with Crippen molar-refractivity contribution in [1.82, 2.24) is 0 Å². The van der Waals surface area contributed by atoms with Crippen molar-refractivity contribution >= 4 is 5.78 Å². The summed E-state index contributed by atoms with van der Waals surface area (Å²) in [6.07, 6.45) is 3.70. The van der Waals surface area contributed by atoms with Gasteiger partial charge in [0, 0.05) is 12.3 Å². The van der Waals surface area contributed by atoms with Gasteiger partial charge in [-0.25, -0.2) is 4.39 Å². The zero-order valence-electron chi connectivity index (χ0n) is 7.48. The second-order valence-electron chi connectivity index (χ2n) is 3.62. The summed E-state index contributed by atoms with van der Waals surface area (Å²) < 4.78 is 13.8. The highest BCUT2D eigenvalue weighted by Crippen LogP contribution is 2.34. The SMILES string of the molecule is C=CCC1(F)CCCC(C)C1=O. The molecule has 12 heavy (non-hydrogen) atoms. The lowest BCUT2D eigenvalue weighted by molar-refractivity contribution is -0.137. The van der Waals surface area contributed by atoms with Gasteiger partial charge < -0.3 is 0 Å². The Kier molecular flexibility index (Phi) is 2.65. The Hall–Kier alpha value is -0.660. The molecular formula is C10H15FO. The summed E-state index contributed by atoms with van der Waals surface area (Å²) >= 11 is 0. The molecule has 0 amide bonds. The average Bonchev–Trinajstić information content (AvgIpc) is 2.01. The van der Waals surface area contributed by atoms with Gasteiger partial charge in [0.25, 0.3) is 0 Å². The molecule has 0 N–H and O–H groups in total. The smallest absolute Gasteiger partial charge is 0.173 e. The van der Waals surface area contributed by atoms with Crippen molar-refractivity contribution in [3.05, 3.63) is 12.7 Å². The molecule has 0 aromatic rings. The normalized spacial score (nSPS) is 36.5. The van der Waals surface area contributed by atoms with Crippen LogP contribution in [0.1, 0.15) is 32.6 Å². The molecule has 1 rings (SSSR count). The Balaban J connectivity index is 2.73. The number of rotatable bonds is 2. The predicted octanol–water partition coefficient (Wildman–Crippen LogP) is 2.66. The van der Waals surface area contributed by atoms with Gasteiger partial charge in [0.05, 0.1) is 0 Å². The topological polar surface area (TPSA) is 17.1 Å². The van der Waals surface area contributed by atoms with Gasteiger partial charge in [-0.1, -0.05) is 13.0 Å². The molecule has 2 unspecified atom stereocenters. The van der Waals surface area contributed by atoms with Crippen molar-refractivity contribution in [2.24, 2.45) is 5.92 Å². The van der Waals surface area contributed by atoms with E-state index in [1.54, 1.807) is 6.92 Å². The van der Waals surface area contributed by atoms with Crippen LogP contribution in [0.3, 0.4) is 0 Å². The lowest BCUT2D eigenvalue weighted by Gasteiger charge is -2.30. The fourth-order valence-electron chi connectivity index (χ4n) is 1.82. The molecule has 0 radical (unpaired) electrons. The third kappa shape index (κ3) is 1.57. The first kappa shape index (κ1) is 9.43. The van der Waals surface area contributed by atoms with Crippen LogP contribution < -0.4 is 0 Å². The number of Topliss-reactive ketones (excluding diaryl/α,β-unsaturated/α-hetero) is 1. The maximum atomic E-state index is 13.8. The van der Waals surface area contributed by atoms with E-state index in [0.717, 1.165) is 12.8 Å². The van der Waals surface area contributed by atoms with Crippen molar-refractivity contribution in [3.8, 4) is 0 Å². The Bertz CT molecular complexity index is 200. The van der Waals surface area contributed by atoms with Crippen LogP contribution in [0, 0.1) is 5.92 Å². The minimum absolute atomic E-state index is 0.108. The fourth-order valence-corrected chi connectivity index (χ4v) is 1.82. The van der Waals surface area contributed by atoms with Gasteiger partial charge in [-0.3, -0.25) is 4.79 Å². The fraction of sp³-hybridized carbons (Fsp3) is 0.700. The molecule has 1 fully saturated rings. The minimum Gasteiger partial charge on any atom is -0.296 e. The van der Waals surface area contributed by atoms with Gasteiger partial charge in [-0.05, 0) is 19.3 Å². The summed E-state index contributed by atoms with van der Waals surface area (Å²) in [5.41, 5.74) is -1.60. The first-order valence-electron chi connectivity index (χ1n) is 4.44. The highest BCUT2D eigenvalue weighted by molar-refractivity contribution is 5.89. The zero-order chi connectivity index (χ0) is 9.19. The molecule has 0 aliphatic heterocycles. The summed E-state index contributed by atoms with van der Waals surface area (Å²) in [6, 6.07) is 0. The molecular weight excluding hydrogens is 155 g/mol. The third-order valence-electron chi connectivity index (χ3n) is 2.57. The first-order valence-corrected chi connectivity index (χ1v) is 4.44. The summed E-state index contributed by atoms with van der Waals surface area (Å²) in [6.45, 7) is 5.27. The van der Waals surface area contributed by atoms with Crippen LogP contribution >= 0.6 is 0 Å². The molecule has 0 heterocycles. The molecule has 2 heteroatoms. The van der Waals surface area contributed by atoms with Crippen molar-refractivity contribution in [2.75, 3.05) is 0 Å². The molecule has 0 bridgehead atoms. The Morgan fingerprint density at radius 1 is 1.83 bits per heavy atom. The average molecular weight is 170 g/mol. The minimum atomic E-state index is -1.60. The molecule has 0 aromatic heterocycles. The van der Waals surface area contributed by atoms with Crippen LogP contribution in [0.4, 0.5) is 4.39 Å². The van der Waals surface area contributed by atoms with Gasteiger partial charge >= 0.3 is 0 Å². The number of carbonyl (C=O) groups is 1. The zero-order valence-corrected chi connectivity index (χ0v) is 7.48. The van der Waals surface area contributed by atoms with E-state index < -0.39 is 5.67 Å². The lowest BCUT2D eigenvalue weighted by atomic mass is 9.77. The van der Waals surface area contributed by atoms with Crippen LogP contribution in [0.25, 0.3) is 0 Å². The van der Waals surface area contributed by atoms with E-state index in [0.29, 0.717) is 6.42 Å². The van der Waals surface area contributed by atoms with E-state index in [4.69, 9.17) is 0 Å². The highest BCUT2D eigenvalue weighted by atomic mass is 19.1. The molecule has 1 saturated carbocycles. The molecule has 0 saturated heterocycles. The van der Waals surface area contributed by atoms with Crippen molar-refractivity contribution in [3.63, 3.8) is 0 Å². The van der Waals surface area contributed by atoms with Gasteiger partial charge in [0.2, 0.25) is 0 Å². The quantitative estimate of drug-likeness (QED) is 0.582. The molecule has 2 atom stereocenters. The van der Waals surface area contributed by atoms with E-state index in [9.17, 15) is 9.18 Å². The van der Waals surface area contributed by atoms with Crippen LogP contribution in [0.15, 0.2) is 12.7 Å². The standard InChI is InChI=1S/C10H15FO/c1-3-6-10(11)7-4-5-8(2)9(10)12/h3,8H,1,4-7H2,2H3. The van der Waals surface area contributed by atoms with Gasteiger partial charge in [0.1, 0.15) is 0 Å². The number of hydrogen-bond donors (Lipinski definition) is 0. The molecule has 0 aromatic carbocycles. The summed E-state index contributed by atoms with van der Waals surface area (Å²) in [5.74, 6) is -0.336. The number of halogens is 1. The number of ketones is 1. The molecule has 68 valence electrons. The van der Waals surface area contributed by atoms with E-state index in [-0.39, 0.29) is 18.1 Å². The monoisotopic (exact) mass is 170 g/mol. The second-order valence-corrected chi connectivity index (χ2v) is 3.62. The van der Waals surface area contributed by atoms with Crippen LogP contribution in [-0.2, 0) is 4.79 Å². The number of allylic oxidation sites excluding steroid dienone is 1. The second kappa shape index (κ2) is 3.38. The summed E-state index contributed by atoms with van der Waals surface area (Å²) in [7, 11) is 0. The molecule has 1 nitrogen and oxygen atoms in total. The van der Waals surface area contributed by atoms with Crippen LogP contribution in [-0.4, -0.2) is 11.5 Å². The predicted molar refractivity (Wildman–Crippen MR) is 46.7 cm³/mol. The van der Waals surface area contributed by atoms with Crippen LogP contribution in [0.2, 0.25) is 0 Å². The number of alkyl halides is 1. The van der Waals surface area contributed by atoms with Crippen molar-refractivity contribution < 1.29 is 9.18 Å². The van der Waals surface area contributed by atoms with E-state index >= 15 is 0 Å². The highest BCUT2D eigenvalue weighted by Gasteiger charge is 2.42. The van der Waals surface area contributed by atoms with Gasteiger partial charge in [0.15, 0.2) is 11.5 Å². The van der Waals surface area contributed by atoms with Crippen molar-refractivity contribution in [2.45, 2.75) is 38.3 Å². The Morgan fingerprint density at radius 3 is 3.08 bits per heavy atom. The van der Waals surface area contributed by atoms with E-state index in [1.807, 2.05) is 0 Å². The Labute approximate surface area is 72.7 Å². The Morgan fingerprint density at radius 2 is 2.50 bits per heavy atom. The molecule has 0 spiro atoms. The summed E-state index contributed by atoms with van der Waals surface area (Å²) in [4.78, 5) is 11.4. The van der Waals surface area contributed by atoms with Gasteiger partial charge in [-0.15, -0.1) is 6.58 Å². The number of carbonyl (C=O) groups excluding carboxylic acids is 1. The number of hydrogen-bond acceptors (Lipinski definition) is 1. The maximum absolute atomic E-state index is 13.8.